The average molecular weight is 374 g/mol. The van der Waals surface area contributed by atoms with E-state index in [-0.39, 0.29) is 11.8 Å². The number of hydrogen-bond acceptors (Lipinski definition) is 4. The Kier molecular flexibility index (Phi) is 6.58. The second kappa shape index (κ2) is 9.11. The van der Waals surface area contributed by atoms with E-state index in [0.717, 1.165) is 36.4 Å². The molecule has 0 N–H and O–H groups in total. The first-order chi connectivity index (χ1) is 13.0. The van der Waals surface area contributed by atoms with Crippen LogP contribution in [0, 0.1) is 5.92 Å². The summed E-state index contributed by atoms with van der Waals surface area (Å²) in [6, 6.07) is 5.73. The molecule has 1 fully saturated rings. The van der Waals surface area contributed by atoms with Crippen LogP contribution in [0.1, 0.15) is 38.7 Å². The molecule has 1 aromatic carbocycles. The minimum atomic E-state index is 0.0997. The summed E-state index contributed by atoms with van der Waals surface area (Å²) < 4.78 is 11.4. The number of carbonyl (C=O) groups excluding carboxylic acids is 2. The van der Waals surface area contributed by atoms with Crippen LogP contribution in [0.25, 0.3) is 0 Å². The van der Waals surface area contributed by atoms with E-state index in [2.05, 4.69) is 13.8 Å². The van der Waals surface area contributed by atoms with Crippen molar-refractivity contribution in [2.24, 2.45) is 5.92 Å². The molecule has 3 rings (SSSR count). The molecule has 2 aliphatic rings. The van der Waals surface area contributed by atoms with Crippen LogP contribution in [0.4, 0.5) is 0 Å². The molecule has 2 aliphatic heterocycles. The summed E-state index contributed by atoms with van der Waals surface area (Å²) in [5, 5.41) is 0. The van der Waals surface area contributed by atoms with E-state index in [1.54, 1.807) is 0 Å². The number of hydrogen-bond donors (Lipinski definition) is 0. The van der Waals surface area contributed by atoms with Gasteiger partial charge in [0.25, 0.3) is 0 Å². The smallest absolute Gasteiger partial charge is 0.227 e. The van der Waals surface area contributed by atoms with Gasteiger partial charge in [-0.15, -0.1) is 0 Å². The highest BCUT2D eigenvalue weighted by atomic mass is 16.5. The SMILES string of the molecule is CC(C)CC(=O)N1CCCN(C(=O)Cc2ccc3c(c2)OCCCO3)CC1. The van der Waals surface area contributed by atoms with Gasteiger partial charge in [-0.3, -0.25) is 9.59 Å². The van der Waals surface area contributed by atoms with Gasteiger partial charge in [-0.05, 0) is 30.0 Å². The molecule has 0 atom stereocenters. The third-order valence-electron chi connectivity index (χ3n) is 4.95. The van der Waals surface area contributed by atoms with E-state index >= 15 is 0 Å². The summed E-state index contributed by atoms with van der Waals surface area (Å²) >= 11 is 0. The first-order valence-electron chi connectivity index (χ1n) is 9.97. The van der Waals surface area contributed by atoms with Crippen molar-refractivity contribution in [1.29, 1.82) is 0 Å². The molecule has 2 amide bonds. The van der Waals surface area contributed by atoms with E-state index in [4.69, 9.17) is 9.47 Å². The lowest BCUT2D eigenvalue weighted by molar-refractivity contribution is -0.133. The number of nitrogens with zero attached hydrogens (tertiary/aromatic N) is 2. The lowest BCUT2D eigenvalue weighted by atomic mass is 10.1. The fourth-order valence-electron chi connectivity index (χ4n) is 3.50. The summed E-state index contributed by atoms with van der Waals surface area (Å²) in [6.07, 6.45) is 2.61. The summed E-state index contributed by atoms with van der Waals surface area (Å²) in [6.45, 7) is 8.07. The van der Waals surface area contributed by atoms with Crippen molar-refractivity contribution in [3.8, 4) is 11.5 Å². The topological polar surface area (TPSA) is 59.1 Å². The molecular weight excluding hydrogens is 344 g/mol. The normalized spacial score (nSPS) is 17.4. The number of benzene rings is 1. The van der Waals surface area contributed by atoms with Crippen molar-refractivity contribution >= 4 is 11.8 Å². The quantitative estimate of drug-likeness (QED) is 0.812. The first kappa shape index (κ1) is 19.5. The summed E-state index contributed by atoms with van der Waals surface area (Å²) in [4.78, 5) is 28.8. The molecule has 1 saturated heterocycles. The molecule has 0 spiro atoms. The number of rotatable bonds is 4. The average Bonchev–Trinajstić information content (AvgIpc) is 3.01. The van der Waals surface area contributed by atoms with Gasteiger partial charge in [0.15, 0.2) is 11.5 Å². The van der Waals surface area contributed by atoms with Crippen molar-refractivity contribution in [3.05, 3.63) is 23.8 Å². The van der Waals surface area contributed by atoms with Gasteiger partial charge in [0.2, 0.25) is 11.8 Å². The molecule has 2 heterocycles. The molecule has 148 valence electrons. The van der Waals surface area contributed by atoms with Gasteiger partial charge in [-0.25, -0.2) is 0 Å². The molecule has 0 saturated carbocycles. The van der Waals surface area contributed by atoms with Crippen molar-refractivity contribution < 1.29 is 19.1 Å². The van der Waals surface area contributed by atoms with Crippen molar-refractivity contribution in [2.75, 3.05) is 39.4 Å². The maximum absolute atomic E-state index is 12.8. The van der Waals surface area contributed by atoms with Crippen molar-refractivity contribution in [3.63, 3.8) is 0 Å². The van der Waals surface area contributed by atoms with Gasteiger partial charge >= 0.3 is 0 Å². The predicted molar refractivity (Wildman–Crippen MR) is 103 cm³/mol. The Morgan fingerprint density at radius 1 is 0.926 bits per heavy atom. The molecule has 0 bridgehead atoms. The second-order valence-corrected chi connectivity index (χ2v) is 7.72. The van der Waals surface area contributed by atoms with Gasteiger partial charge in [0.1, 0.15) is 0 Å². The molecule has 6 nitrogen and oxygen atoms in total. The van der Waals surface area contributed by atoms with Crippen LogP contribution in [0.5, 0.6) is 11.5 Å². The van der Waals surface area contributed by atoms with Crippen molar-refractivity contribution in [1.82, 2.24) is 9.80 Å². The zero-order chi connectivity index (χ0) is 19.2. The molecule has 0 radical (unpaired) electrons. The minimum Gasteiger partial charge on any atom is -0.490 e. The van der Waals surface area contributed by atoms with Gasteiger partial charge in [0, 0.05) is 39.0 Å². The van der Waals surface area contributed by atoms with Gasteiger partial charge in [-0.1, -0.05) is 19.9 Å². The van der Waals surface area contributed by atoms with E-state index in [1.165, 1.54) is 0 Å². The Bertz CT molecular complexity index is 674. The number of ether oxygens (including phenoxy) is 2. The van der Waals surface area contributed by atoms with Crippen LogP contribution < -0.4 is 9.47 Å². The number of amides is 2. The van der Waals surface area contributed by atoms with Gasteiger partial charge in [0.05, 0.1) is 19.6 Å². The Balaban J connectivity index is 1.57. The summed E-state index contributed by atoms with van der Waals surface area (Å²) in [5.41, 5.74) is 0.932. The van der Waals surface area contributed by atoms with Crippen molar-refractivity contribution in [2.45, 2.75) is 39.5 Å². The van der Waals surface area contributed by atoms with E-state index in [9.17, 15) is 9.59 Å². The number of carbonyl (C=O) groups is 2. The summed E-state index contributed by atoms with van der Waals surface area (Å²) in [5.74, 6) is 2.12. The van der Waals surface area contributed by atoms with Crippen LogP contribution in [0.15, 0.2) is 18.2 Å². The van der Waals surface area contributed by atoms with Crippen LogP contribution >= 0.6 is 0 Å². The Labute approximate surface area is 161 Å². The fourth-order valence-corrected chi connectivity index (χ4v) is 3.50. The highest BCUT2D eigenvalue weighted by Gasteiger charge is 2.23. The minimum absolute atomic E-state index is 0.0997. The van der Waals surface area contributed by atoms with Crippen LogP contribution in [0.3, 0.4) is 0 Å². The second-order valence-electron chi connectivity index (χ2n) is 7.72. The molecule has 0 aliphatic carbocycles. The fraction of sp³-hybridized carbons (Fsp3) is 0.619. The van der Waals surface area contributed by atoms with E-state index in [1.807, 2.05) is 28.0 Å². The number of fused-ring (bicyclic) bond motifs is 1. The van der Waals surface area contributed by atoms with E-state index in [0.29, 0.717) is 51.6 Å². The predicted octanol–water partition coefficient (Wildman–Crippen LogP) is 2.50. The largest absolute Gasteiger partial charge is 0.490 e. The zero-order valence-corrected chi connectivity index (χ0v) is 16.4. The van der Waals surface area contributed by atoms with Crippen LogP contribution in [-0.4, -0.2) is 61.0 Å². The lowest BCUT2D eigenvalue weighted by Gasteiger charge is -2.23. The maximum Gasteiger partial charge on any atom is 0.227 e. The van der Waals surface area contributed by atoms with E-state index < -0.39 is 0 Å². The monoisotopic (exact) mass is 374 g/mol. The Hall–Kier alpha value is -2.24. The molecule has 0 aromatic heterocycles. The molecular formula is C21H30N2O4. The van der Waals surface area contributed by atoms with Crippen LogP contribution in [-0.2, 0) is 16.0 Å². The lowest BCUT2D eigenvalue weighted by Crippen LogP contribution is -2.38. The third-order valence-corrected chi connectivity index (χ3v) is 4.95. The molecule has 1 aromatic rings. The summed E-state index contributed by atoms with van der Waals surface area (Å²) in [7, 11) is 0. The third kappa shape index (κ3) is 5.37. The molecule has 6 heteroatoms. The highest BCUT2D eigenvalue weighted by molar-refractivity contribution is 5.79. The van der Waals surface area contributed by atoms with Gasteiger partial charge < -0.3 is 19.3 Å². The molecule has 0 unspecified atom stereocenters. The Morgan fingerprint density at radius 2 is 1.59 bits per heavy atom. The zero-order valence-electron chi connectivity index (χ0n) is 16.4. The van der Waals surface area contributed by atoms with Crippen LogP contribution in [0.2, 0.25) is 0 Å². The molecule has 27 heavy (non-hydrogen) atoms. The highest BCUT2D eigenvalue weighted by Crippen LogP contribution is 2.30. The standard InChI is InChI=1S/C21H30N2O4/c1-16(2)13-20(24)22-7-3-8-23(10-9-22)21(25)15-17-5-6-18-19(14-17)27-12-4-11-26-18/h5-6,14,16H,3-4,7-13,15H2,1-2H3. The Morgan fingerprint density at radius 3 is 2.30 bits per heavy atom. The maximum atomic E-state index is 12.8. The van der Waals surface area contributed by atoms with Gasteiger partial charge in [-0.2, -0.15) is 0 Å². The first-order valence-corrected chi connectivity index (χ1v) is 9.97.